The molecule has 5 fully saturated rings. The molecule has 3 heteroatoms. The minimum absolute atomic E-state index is 0.122. The molecule has 0 spiro atoms. The summed E-state index contributed by atoms with van der Waals surface area (Å²) in [5.74, 6) is 3.02. The second-order valence-corrected chi connectivity index (χ2v) is 8.38. The molecule has 112 valence electrons. The normalized spacial score (nSPS) is 63.3. The van der Waals surface area contributed by atoms with Gasteiger partial charge < -0.3 is 15.6 Å². The number of rotatable bonds is 2. The Kier molecular flexibility index (Phi) is 2.36. The van der Waals surface area contributed by atoms with Gasteiger partial charge in [0.25, 0.3) is 0 Å². The van der Waals surface area contributed by atoms with Gasteiger partial charge in [-0.3, -0.25) is 0 Å². The van der Waals surface area contributed by atoms with E-state index >= 15 is 0 Å². The highest BCUT2D eigenvalue weighted by Crippen LogP contribution is 2.69. The summed E-state index contributed by atoms with van der Waals surface area (Å²) in [5, 5.41) is 11.7. The first-order valence-corrected chi connectivity index (χ1v) is 8.76. The Hall–Kier alpha value is -0.120. The average molecular weight is 277 g/mol. The Bertz CT molecular complexity index is 441. The van der Waals surface area contributed by atoms with Crippen molar-refractivity contribution in [3.8, 4) is 0 Å². The van der Waals surface area contributed by atoms with Crippen LogP contribution in [0.4, 0.5) is 0 Å². The maximum atomic E-state index is 11.7. The lowest BCUT2D eigenvalue weighted by molar-refractivity contribution is -0.160. The van der Waals surface area contributed by atoms with E-state index in [0.29, 0.717) is 18.6 Å². The summed E-state index contributed by atoms with van der Waals surface area (Å²) < 4.78 is 6.14. The van der Waals surface area contributed by atoms with Gasteiger partial charge in [-0.15, -0.1) is 0 Å². The largest absolute Gasteiger partial charge is 0.389 e. The Morgan fingerprint density at radius 3 is 2.65 bits per heavy atom. The van der Waals surface area contributed by atoms with E-state index in [-0.39, 0.29) is 11.5 Å². The predicted octanol–water partition coefficient (Wildman–Crippen LogP) is 2.07. The third-order valence-electron chi connectivity index (χ3n) is 8.03. The molecule has 3 aliphatic carbocycles. The maximum absolute atomic E-state index is 11.7. The molecule has 20 heavy (non-hydrogen) atoms. The lowest BCUT2D eigenvalue weighted by Crippen LogP contribution is -2.62. The molecule has 8 atom stereocenters. The van der Waals surface area contributed by atoms with Crippen molar-refractivity contribution in [2.45, 2.75) is 69.2 Å². The van der Waals surface area contributed by atoms with E-state index in [2.05, 4.69) is 0 Å². The molecule has 0 aromatic rings. The fourth-order valence-electron chi connectivity index (χ4n) is 7.33. The van der Waals surface area contributed by atoms with Gasteiger partial charge >= 0.3 is 0 Å². The standard InChI is InChI=1S/C17H27NO2/c18-9-16(8-11-4-5-15(16)20-11)17(19)7-10-6-14(17)13-3-1-2-12(10)13/h10-15,19H,1-9,18H2. The summed E-state index contributed by atoms with van der Waals surface area (Å²) in [7, 11) is 0. The van der Waals surface area contributed by atoms with Gasteiger partial charge in [0.1, 0.15) is 0 Å². The van der Waals surface area contributed by atoms with Crippen LogP contribution in [0.1, 0.15) is 51.4 Å². The number of ether oxygens (including phenoxy) is 1. The van der Waals surface area contributed by atoms with Crippen molar-refractivity contribution < 1.29 is 9.84 Å². The molecule has 0 amide bonds. The van der Waals surface area contributed by atoms with Crippen LogP contribution in [-0.4, -0.2) is 29.5 Å². The lowest BCUT2D eigenvalue weighted by Gasteiger charge is -2.52. The maximum Gasteiger partial charge on any atom is 0.0775 e. The monoisotopic (exact) mass is 277 g/mol. The van der Waals surface area contributed by atoms with Crippen LogP contribution in [0.15, 0.2) is 0 Å². The molecule has 5 rings (SSSR count). The number of aliphatic hydroxyl groups is 1. The van der Waals surface area contributed by atoms with Crippen LogP contribution in [0.25, 0.3) is 0 Å². The third kappa shape index (κ3) is 1.21. The topological polar surface area (TPSA) is 55.5 Å². The smallest absolute Gasteiger partial charge is 0.0775 e. The van der Waals surface area contributed by atoms with Crippen LogP contribution in [-0.2, 0) is 4.74 Å². The first-order valence-electron chi connectivity index (χ1n) is 8.76. The van der Waals surface area contributed by atoms with Crippen molar-refractivity contribution in [1.29, 1.82) is 0 Å². The van der Waals surface area contributed by atoms with Crippen LogP contribution in [0.3, 0.4) is 0 Å². The molecule has 4 bridgehead atoms. The van der Waals surface area contributed by atoms with Crippen LogP contribution in [0.2, 0.25) is 0 Å². The van der Waals surface area contributed by atoms with Crippen molar-refractivity contribution in [3.63, 3.8) is 0 Å². The molecule has 0 radical (unpaired) electrons. The van der Waals surface area contributed by atoms with Crippen molar-refractivity contribution >= 4 is 0 Å². The fourth-order valence-corrected chi connectivity index (χ4v) is 7.33. The van der Waals surface area contributed by atoms with Gasteiger partial charge in [-0.05, 0) is 68.6 Å². The van der Waals surface area contributed by atoms with Gasteiger partial charge in [-0.25, -0.2) is 0 Å². The summed E-state index contributed by atoms with van der Waals surface area (Å²) in [6.45, 7) is 0.616. The second kappa shape index (κ2) is 3.80. The first kappa shape index (κ1) is 12.4. The Labute approximate surface area is 121 Å². The molecule has 2 saturated heterocycles. The summed E-state index contributed by atoms with van der Waals surface area (Å²) in [6, 6.07) is 0. The van der Waals surface area contributed by atoms with Gasteiger partial charge in [-0.1, -0.05) is 6.42 Å². The number of nitrogens with two attached hydrogens (primary N) is 1. The summed E-state index contributed by atoms with van der Waals surface area (Å²) in [4.78, 5) is 0. The van der Waals surface area contributed by atoms with Gasteiger partial charge in [0.15, 0.2) is 0 Å². The molecule has 0 aromatic heterocycles. The van der Waals surface area contributed by atoms with Crippen LogP contribution in [0, 0.1) is 29.1 Å². The van der Waals surface area contributed by atoms with Crippen molar-refractivity contribution in [2.75, 3.05) is 6.54 Å². The second-order valence-electron chi connectivity index (χ2n) is 8.38. The first-order chi connectivity index (χ1) is 9.68. The number of fused-ring (bicyclic) bond motifs is 7. The zero-order valence-electron chi connectivity index (χ0n) is 12.3. The zero-order chi connectivity index (χ0) is 13.5. The van der Waals surface area contributed by atoms with E-state index in [1.165, 1.54) is 32.1 Å². The Morgan fingerprint density at radius 2 is 1.95 bits per heavy atom. The van der Waals surface area contributed by atoms with Crippen molar-refractivity contribution in [3.05, 3.63) is 0 Å². The summed E-state index contributed by atoms with van der Waals surface area (Å²) in [5.41, 5.74) is 5.61. The van der Waals surface area contributed by atoms with E-state index in [1.54, 1.807) is 0 Å². The van der Waals surface area contributed by atoms with Crippen LogP contribution in [0.5, 0.6) is 0 Å². The van der Waals surface area contributed by atoms with Gasteiger partial charge in [0, 0.05) is 12.0 Å². The minimum Gasteiger partial charge on any atom is -0.389 e. The molecule has 0 aromatic carbocycles. The molecule has 3 saturated carbocycles. The molecule has 8 unspecified atom stereocenters. The van der Waals surface area contributed by atoms with E-state index in [4.69, 9.17) is 10.5 Å². The van der Waals surface area contributed by atoms with Crippen molar-refractivity contribution in [2.24, 2.45) is 34.8 Å². The summed E-state index contributed by atoms with van der Waals surface area (Å²) in [6.07, 6.45) is 10.4. The highest BCUT2D eigenvalue weighted by atomic mass is 16.5. The van der Waals surface area contributed by atoms with Crippen LogP contribution < -0.4 is 5.73 Å². The number of hydrogen-bond donors (Lipinski definition) is 2. The lowest BCUT2D eigenvalue weighted by atomic mass is 9.55. The molecule has 2 aliphatic heterocycles. The van der Waals surface area contributed by atoms with Gasteiger partial charge in [0.05, 0.1) is 17.8 Å². The van der Waals surface area contributed by atoms with Gasteiger partial charge in [0.2, 0.25) is 0 Å². The average Bonchev–Trinajstić information content (AvgIpc) is 3.20. The van der Waals surface area contributed by atoms with Gasteiger partial charge in [-0.2, -0.15) is 0 Å². The highest BCUT2D eigenvalue weighted by molar-refractivity contribution is 5.21. The molecule has 3 nitrogen and oxygen atoms in total. The molecular weight excluding hydrogens is 250 g/mol. The molecule has 3 N–H and O–H groups in total. The Morgan fingerprint density at radius 1 is 1.10 bits per heavy atom. The summed E-state index contributed by atoms with van der Waals surface area (Å²) >= 11 is 0. The van der Waals surface area contributed by atoms with Crippen molar-refractivity contribution in [1.82, 2.24) is 0 Å². The zero-order valence-corrected chi connectivity index (χ0v) is 12.3. The highest BCUT2D eigenvalue weighted by Gasteiger charge is 2.71. The van der Waals surface area contributed by atoms with E-state index < -0.39 is 5.60 Å². The molecular formula is C17H27NO2. The van der Waals surface area contributed by atoms with E-state index in [9.17, 15) is 5.11 Å². The minimum atomic E-state index is -0.516. The number of hydrogen-bond acceptors (Lipinski definition) is 3. The predicted molar refractivity (Wildman–Crippen MR) is 76.0 cm³/mol. The molecule has 5 aliphatic rings. The quantitative estimate of drug-likeness (QED) is 0.812. The van der Waals surface area contributed by atoms with Crippen LogP contribution >= 0.6 is 0 Å². The van der Waals surface area contributed by atoms with E-state index in [1.807, 2.05) is 0 Å². The Balaban J connectivity index is 1.54. The third-order valence-corrected chi connectivity index (χ3v) is 8.03. The van der Waals surface area contributed by atoms with E-state index in [0.717, 1.165) is 37.0 Å². The molecule has 2 heterocycles. The SMILES string of the molecule is NCC1(C2(O)CC3CC2C2CCCC32)CC2CCC1O2. The fraction of sp³-hybridized carbons (Fsp3) is 1.00.